The summed E-state index contributed by atoms with van der Waals surface area (Å²) in [5.41, 5.74) is 7.12. The zero-order chi connectivity index (χ0) is 15.8. The number of methoxy groups -OCH3 is 1. The summed E-state index contributed by atoms with van der Waals surface area (Å²) >= 11 is 0. The van der Waals surface area contributed by atoms with E-state index in [4.69, 9.17) is 10.5 Å². The minimum Gasteiger partial charge on any atom is -0.383 e. The lowest BCUT2D eigenvalue weighted by Gasteiger charge is -2.32. The summed E-state index contributed by atoms with van der Waals surface area (Å²) < 4.78 is 5.10. The van der Waals surface area contributed by atoms with Gasteiger partial charge in [-0.3, -0.25) is 4.79 Å². The van der Waals surface area contributed by atoms with Gasteiger partial charge in [0.1, 0.15) is 0 Å². The number of halogens is 2. The van der Waals surface area contributed by atoms with Gasteiger partial charge < -0.3 is 20.7 Å². The molecule has 1 saturated heterocycles. The van der Waals surface area contributed by atoms with Crippen LogP contribution in [0.2, 0.25) is 0 Å². The summed E-state index contributed by atoms with van der Waals surface area (Å²) in [6.45, 7) is 3.73. The number of nitrogens with one attached hydrogen (secondary N) is 1. The molecule has 0 aromatic heterocycles. The van der Waals surface area contributed by atoms with Gasteiger partial charge >= 0.3 is 0 Å². The number of rotatable bonds is 7. The van der Waals surface area contributed by atoms with E-state index in [-0.39, 0.29) is 36.8 Å². The molecule has 1 amide bonds. The topological polar surface area (TPSA) is 67.6 Å². The lowest BCUT2D eigenvalue weighted by atomic mass is 10.0. The van der Waals surface area contributed by atoms with Crippen LogP contribution in [0.4, 0.5) is 0 Å². The van der Waals surface area contributed by atoms with Crippen LogP contribution in [0, 0.1) is 0 Å². The van der Waals surface area contributed by atoms with Crippen molar-refractivity contribution in [2.24, 2.45) is 5.73 Å². The van der Waals surface area contributed by atoms with Crippen LogP contribution in [0.5, 0.6) is 0 Å². The second-order valence-corrected chi connectivity index (χ2v) is 5.91. The van der Waals surface area contributed by atoms with E-state index in [1.807, 2.05) is 30.3 Å². The van der Waals surface area contributed by atoms with Crippen LogP contribution in [-0.4, -0.2) is 56.2 Å². The molecule has 0 spiro atoms. The molecule has 1 aromatic rings. The van der Waals surface area contributed by atoms with E-state index >= 15 is 0 Å². The van der Waals surface area contributed by atoms with Gasteiger partial charge in [-0.05, 0) is 24.8 Å². The second kappa shape index (κ2) is 12.5. The number of hydrogen-bond donors (Lipinski definition) is 2. The molecule has 0 saturated carbocycles. The van der Waals surface area contributed by atoms with Crippen molar-refractivity contribution in [3.8, 4) is 0 Å². The second-order valence-electron chi connectivity index (χ2n) is 5.91. The van der Waals surface area contributed by atoms with E-state index in [2.05, 4.69) is 10.2 Å². The molecule has 1 atom stereocenters. The fourth-order valence-corrected chi connectivity index (χ4v) is 2.79. The summed E-state index contributed by atoms with van der Waals surface area (Å²) in [7, 11) is 1.72. The summed E-state index contributed by atoms with van der Waals surface area (Å²) in [6.07, 6.45) is 2.54. The smallest absolute Gasteiger partial charge is 0.237 e. The highest BCUT2D eigenvalue weighted by Crippen LogP contribution is 2.10. The Morgan fingerprint density at radius 3 is 2.50 bits per heavy atom. The highest BCUT2D eigenvalue weighted by Gasteiger charge is 2.22. The van der Waals surface area contributed by atoms with Crippen molar-refractivity contribution >= 4 is 30.7 Å². The van der Waals surface area contributed by atoms with Gasteiger partial charge in [0.05, 0.1) is 12.6 Å². The normalized spacial score (nSPS) is 16.6. The van der Waals surface area contributed by atoms with Crippen LogP contribution in [0.25, 0.3) is 0 Å². The molecule has 24 heavy (non-hydrogen) atoms. The minimum atomic E-state index is -0.478. The molecule has 0 aliphatic carbocycles. The first-order valence-electron chi connectivity index (χ1n) is 8.00. The molecular weight excluding hydrogens is 349 g/mol. The fourth-order valence-electron chi connectivity index (χ4n) is 2.79. The maximum absolute atomic E-state index is 12.2. The van der Waals surface area contributed by atoms with E-state index in [0.29, 0.717) is 6.42 Å². The molecule has 1 unspecified atom stereocenters. The maximum Gasteiger partial charge on any atom is 0.237 e. The third-order valence-electron chi connectivity index (χ3n) is 4.18. The quantitative estimate of drug-likeness (QED) is 0.757. The molecule has 0 radical (unpaired) electrons. The minimum absolute atomic E-state index is 0. The molecule has 1 aliphatic rings. The Kier molecular flexibility index (Phi) is 12.1. The van der Waals surface area contributed by atoms with Crippen molar-refractivity contribution in [3.63, 3.8) is 0 Å². The van der Waals surface area contributed by atoms with Crippen LogP contribution >= 0.6 is 24.8 Å². The molecule has 138 valence electrons. The van der Waals surface area contributed by atoms with Crippen molar-refractivity contribution in [1.29, 1.82) is 0 Å². The Labute approximate surface area is 157 Å². The van der Waals surface area contributed by atoms with Crippen LogP contribution < -0.4 is 11.1 Å². The number of benzene rings is 1. The highest BCUT2D eigenvalue weighted by molar-refractivity contribution is 5.85. The van der Waals surface area contributed by atoms with Gasteiger partial charge in [-0.25, -0.2) is 0 Å². The number of ether oxygens (including phenoxy) is 1. The number of likely N-dealkylation sites (tertiary alicyclic amines) is 1. The van der Waals surface area contributed by atoms with Gasteiger partial charge in [-0.2, -0.15) is 0 Å². The third-order valence-corrected chi connectivity index (χ3v) is 4.18. The van der Waals surface area contributed by atoms with Gasteiger partial charge in [-0.15, -0.1) is 24.8 Å². The summed E-state index contributed by atoms with van der Waals surface area (Å²) in [6, 6.07) is 9.67. The average Bonchev–Trinajstić information content (AvgIpc) is 2.55. The monoisotopic (exact) mass is 377 g/mol. The molecule has 3 N–H and O–H groups in total. The molecule has 5 nitrogen and oxygen atoms in total. The molecule has 7 heteroatoms. The SMILES string of the molecule is COCCN1CCC(NC(=O)C(N)Cc2ccccc2)CC1.Cl.Cl. The molecule has 1 heterocycles. The lowest BCUT2D eigenvalue weighted by molar-refractivity contribution is -0.123. The molecule has 1 aliphatic heterocycles. The maximum atomic E-state index is 12.2. The van der Waals surface area contributed by atoms with Gasteiger partial charge in [0.2, 0.25) is 5.91 Å². The van der Waals surface area contributed by atoms with Crippen molar-refractivity contribution in [2.45, 2.75) is 31.3 Å². The van der Waals surface area contributed by atoms with Gasteiger partial charge in [0.25, 0.3) is 0 Å². The van der Waals surface area contributed by atoms with Crippen LogP contribution in [-0.2, 0) is 16.0 Å². The highest BCUT2D eigenvalue weighted by atomic mass is 35.5. The van der Waals surface area contributed by atoms with E-state index in [9.17, 15) is 4.79 Å². The Balaban J connectivity index is 0.00000264. The Hall–Kier alpha value is -0.850. The first-order chi connectivity index (χ1) is 10.7. The van der Waals surface area contributed by atoms with E-state index in [1.165, 1.54) is 0 Å². The summed E-state index contributed by atoms with van der Waals surface area (Å²) in [4.78, 5) is 14.6. The average molecular weight is 378 g/mol. The van der Waals surface area contributed by atoms with E-state index < -0.39 is 6.04 Å². The van der Waals surface area contributed by atoms with Crippen LogP contribution in [0.15, 0.2) is 30.3 Å². The number of amides is 1. The van der Waals surface area contributed by atoms with Crippen LogP contribution in [0.3, 0.4) is 0 Å². The van der Waals surface area contributed by atoms with Crippen molar-refractivity contribution in [2.75, 3.05) is 33.4 Å². The zero-order valence-electron chi connectivity index (χ0n) is 14.1. The lowest BCUT2D eigenvalue weighted by Crippen LogP contribution is -2.50. The predicted molar refractivity (Wildman–Crippen MR) is 102 cm³/mol. The van der Waals surface area contributed by atoms with Crippen molar-refractivity contribution < 1.29 is 9.53 Å². The summed E-state index contributed by atoms with van der Waals surface area (Å²) in [5, 5.41) is 3.09. The Morgan fingerprint density at radius 1 is 1.29 bits per heavy atom. The number of carbonyl (C=O) groups is 1. The van der Waals surface area contributed by atoms with Crippen LogP contribution in [0.1, 0.15) is 18.4 Å². The molecule has 1 aromatic carbocycles. The van der Waals surface area contributed by atoms with Gasteiger partial charge in [0, 0.05) is 32.8 Å². The number of nitrogens with two attached hydrogens (primary N) is 1. The number of hydrogen-bond acceptors (Lipinski definition) is 4. The van der Waals surface area contributed by atoms with Gasteiger partial charge in [0.15, 0.2) is 0 Å². The molecule has 1 fully saturated rings. The Bertz CT molecular complexity index is 454. The summed E-state index contributed by atoms with van der Waals surface area (Å²) in [5.74, 6) is -0.0424. The zero-order valence-corrected chi connectivity index (χ0v) is 15.8. The fraction of sp³-hybridized carbons (Fsp3) is 0.588. The molecule has 2 rings (SSSR count). The predicted octanol–water partition coefficient (Wildman–Crippen LogP) is 1.63. The molecule has 0 bridgehead atoms. The van der Waals surface area contributed by atoms with Crippen molar-refractivity contribution in [3.05, 3.63) is 35.9 Å². The number of piperidine rings is 1. The number of nitrogens with zero attached hydrogens (tertiary/aromatic N) is 1. The number of carbonyl (C=O) groups excluding carboxylic acids is 1. The third kappa shape index (κ3) is 7.81. The standard InChI is InChI=1S/C17H27N3O2.2ClH/c1-22-12-11-20-9-7-15(8-10-20)19-17(21)16(18)13-14-5-3-2-4-6-14;;/h2-6,15-16H,7-13,18H2,1H3,(H,19,21);2*1H. The van der Waals surface area contributed by atoms with Gasteiger partial charge in [-0.1, -0.05) is 30.3 Å². The molecular formula is C17H29Cl2N3O2. The Morgan fingerprint density at radius 2 is 1.92 bits per heavy atom. The van der Waals surface area contributed by atoms with E-state index in [1.54, 1.807) is 7.11 Å². The van der Waals surface area contributed by atoms with Crippen molar-refractivity contribution in [1.82, 2.24) is 10.2 Å². The first-order valence-corrected chi connectivity index (χ1v) is 8.00. The first kappa shape index (κ1) is 23.1. The largest absolute Gasteiger partial charge is 0.383 e. The van der Waals surface area contributed by atoms with E-state index in [0.717, 1.165) is 44.6 Å².